The van der Waals surface area contributed by atoms with Crippen LogP contribution in [-0.4, -0.2) is 79.2 Å². The predicted octanol–water partition coefficient (Wildman–Crippen LogP) is 2.51. The Morgan fingerprint density at radius 3 is 1.18 bits per heavy atom. The summed E-state index contributed by atoms with van der Waals surface area (Å²) in [6.45, 7) is 4.15. The first kappa shape index (κ1) is 33.0. The Morgan fingerprint density at radius 1 is 0.513 bits per heavy atom. The summed E-state index contributed by atoms with van der Waals surface area (Å²) in [7, 11) is 0. The maximum Gasteiger partial charge on any atom is 0.181 e. The Balaban J connectivity index is 1.38. The monoisotopic (exact) mass is 644 g/mol. The molecule has 0 unspecified atom stereocenters. The van der Waals surface area contributed by atoms with Gasteiger partial charge in [0, 0.05) is 65.0 Å². The molecular weight excluding hydrogens is 613 g/mol. The van der Waals surface area contributed by atoms with Crippen molar-refractivity contribution in [3.8, 4) is 0 Å². The molecule has 0 aliphatic carbocycles. The molecule has 16 heteroatoms. The molecule has 10 nitrogen and oxygen atoms in total. The number of thiocarbonyl (C=S) groups is 6. The van der Waals surface area contributed by atoms with Crippen LogP contribution in [0.2, 0.25) is 0 Å². The average molecular weight is 645 g/mol. The number of aromatic nitrogens is 2. The van der Waals surface area contributed by atoms with Crippen LogP contribution in [0.5, 0.6) is 0 Å². The molecule has 0 aromatic carbocycles. The van der Waals surface area contributed by atoms with Gasteiger partial charge in [-0.25, -0.2) is 9.97 Å². The first-order valence-electron chi connectivity index (χ1n) is 12.2. The van der Waals surface area contributed by atoms with Gasteiger partial charge < -0.3 is 40.7 Å². The molecular formula is C23H32N8O2S6. The molecule has 39 heavy (non-hydrogen) atoms. The van der Waals surface area contributed by atoms with Crippen molar-refractivity contribution in [3.05, 3.63) is 36.7 Å². The minimum atomic E-state index is 0.540. The van der Waals surface area contributed by atoms with Crippen molar-refractivity contribution in [3.63, 3.8) is 0 Å². The third-order valence-corrected chi connectivity index (χ3v) is 7.05. The highest BCUT2D eigenvalue weighted by Crippen LogP contribution is 1.97. The van der Waals surface area contributed by atoms with Crippen molar-refractivity contribution in [2.24, 2.45) is 0 Å². The summed E-state index contributed by atoms with van der Waals surface area (Å²) in [6, 6.07) is 0. The van der Waals surface area contributed by atoms with Crippen molar-refractivity contribution in [1.82, 2.24) is 41.9 Å². The Labute approximate surface area is 260 Å². The zero-order chi connectivity index (χ0) is 28.3. The quantitative estimate of drug-likeness (QED) is 0.105. The maximum absolute atomic E-state index is 5.40. The van der Waals surface area contributed by atoms with Gasteiger partial charge in [0.1, 0.15) is 33.9 Å². The molecule has 0 fully saturated rings. The van der Waals surface area contributed by atoms with Crippen LogP contribution in [0.25, 0.3) is 0 Å². The Morgan fingerprint density at radius 2 is 0.846 bits per heavy atom. The van der Waals surface area contributed by atoms with Gasteiger partial charge in [-0.05, 0) is 6.42 Å². The molecule has 2 rings (SSSR count). The van der Waals surface area contributed by atoms with Gasteiger partial charge in [-0.3, -0.25) is 0 Å². The lowest BCUT2D eigenvalue weighted by atomic mass is 10.3. The van der Waals surface area contributed by atoms with Crippen molar-refractivity contribution >= 4 is 103 Å². The summed E-state index contributed by atoms with van der Waals surface area (Å²) >= 11 is 32.0. The highest BCUT2D eigenvalue weighted by Gasteiger charge is 2.06. The van der Waals surface area contributed by atoms with Crippen LogP contribution in [0.4, 0.5) is 0 Å². The molecule has 0 radical (unpaired) electrons. The summed E-state index contributed by atoms with van der Waals surface area (Å²) in [5.74, 6) is 0. The van der Waals surface area contributed by atoms with Gasteiger partial charge in [-0.1, -0.05) is 73.3 Å². The van der Waals surface area contributed by atoms with E-state index in [0.29, 0.717) is 73.2 Å². The van der Waals surface area contributed by atoms with Crippen molar-refractivity contribution < 1.29 is 8.83 Å². The van der Waals surface area contributed by atoms with Gasteiger partial charge in [0.15, 0.2) is 12.8 Å². The summed E-state index contributed by atoms with van der Waals surface area (Å²) in [5.41, 5.74) is 1.22. The van der Waals surface area contributed by atoms with Gasteiger partial charge in [0.05, 0.1) is 20.0 Å². The molecule has 2 aromatic rings. The van der Waals surface area contributed by atoms with Crippen molar-refractivity contribution in [2.75, 3.05) is 39.3 Å². The van der Waals surface area contributed by atoms with Crippen LogP contribution in [0.3, 0.4) is 0 Å². The number of hydrogen-bond acceptors (Lipinski definition) is 10. The number of nitrogens with zero attached hydrogens (tertiary/aromatic N) is 2. The molecule has 0 saturated carbocycles. The average Bonchev–Trinajstić information content (AvgIpc) is 3.63. The Bertz CT molecular complexity index is 994. The van der Waals surface area contributed by atoms with Crippen LogP contribution in [0.15, 0.2) is 34.1 Å². The topological polar surface area (TPSA) is 124 Å². The number of nitrogens with one attached hydrogen (secondary N) is 6. The summed E-state index contributed by atoms with van der Waals surface area (Å²) in [5, 5.41) is 19.2. The number of hydrogen-bond donors (Lipinski definition) is 6. The zero-order valence-corrected chi connectivity index (χ0v) is 26.1. The van der Waals surface area contributed by atoms with E-state index in [1.54, 1.807) is 0 Å². The van der Waals surface area contributed by atoms with Crippen LogP contribution >= 0.6 is 73.3 Å². The molecule has 0 bridgehead atoms. The van der Waals surface area contributed by atoms with Gasteiger partial charge in [0.25, 0.3) is 0 Å². The fourth-order valence-electron chi connectivity index (χ4n) is 2.94. The predicted molar refractivity (Wildman–Crippen MR) is 178 cm³/mol. The second kappa shape index (κ2) is 19.8. The van der Waals surface area contributed by atoms with Crippen LogP contribution < -0.4 is 31.9 Å². The molecule has 6 N–H and O–H groups in total. The molecule has 0 aliphatic rings. The Kier molecular flexibility index (Phi) is 16.7. The maximum atomic E-state index is 5.40. The normalized spacial score (nSPS) is 10.3. The van der Waals surface area contributed by atoms with E-state index in [1.807, 2.05) is 0 Å². The molecule has 2 aromatic heterocycles. The third kappa shape index (κ3) is 15.2. The lowest BCUT2D eigenvalue weighted by molar-refractivity contribution is 0.557. The number of oxazole rings is 2. The largest absolute Gasteiger partial charge is 0.451 e. The smallest absolute Gasteiger partial charge is 0.181 e. The van der Waals surface area contributed by atoms with Crippen molar-refractivity contribution in [1.29, 1.82) is 0 Å². The van der Waals surface area contributed by atoms with Gasteiger partial charge in [-0.2, -0.15) is 0 Å². The van der Waals surface area contributed by atoms with E-state index in [-0.39, 0.29) is 0 Å². The highest BCUT2D eigenvalue weighted by molar-refractivity contribution is 7.81. The molecule has 0 amide bonds. The fourth-order valence-corrected chi connectivity index (χ4v) is 4.16. The van der Waals surface area contributed by atoms with E-state index in [2.05, 4.69) is 41.9 Å². The molecule has 2 heterocycles. The molecule has 0 atom stereocenters. The number of rotatable bonds is 18. The second-order valence-corrected chi connectivity index (χ2v) is 10.8. The summed E-state index contributed by atoms with van der Waals surface area (Å²) in [4.78, 5) is 12.2. The minimum Gasteiger partial charge on any atom is -0.451 e. The van der Waals surface area contributed by atoms with E-state index in [4.69, 9.17) is 82.1 Å². The minimum absolute atomic E-state index is 0.540. The summed E-state index contributed by atoms with van der Waals surface area (Å²) < 4.78 is 9.83. The SMILES string of the molecule is S=C(CCNC(=S)CCNC(=S)c1cocn1)NCCCNC(=S)CCNC(=S)CCNC(=S)c1cocn1. The van der Waals surface area contributed by atoms with E-state index in [1.165, 1.54) is 25.3 Å². The first-order valence-corrected chi connectivity index (χ1v) is 14.7. The molecule has 0 aliphatic heterocycles. The highest BCUT2D eigenvalue weighted by atomic mass is 32.1. The fraction of sp³-hybridized carbons (Fsp3) is 0.478. The molecule has 0 spiro atoms. The lowest BCUT2D eigenvalue weighted by Crippen LogP contribution is -2.33. The van der Waals surface area contributed by atoms with Gasteiger partial charge >= 0.3 is 0 Å². The van der Waals surface area contributed by atoms with Crippen LogP contribution in [0, 0.1) is 0 Å². The van der Waals surface area contributed by atoms with E-state index in [0.717, 1.165) is 39.5 Å². The van der Waals surface area contributed by atoms with Gasteiger partial charge in [-0.15, -0.1) is 0 Å². The van der Waals surface area contributed by atoms with E-state index < -0.39 is 0 Å². The second-order valence-electron chi connectivity index (χ2n) is 8.01. The molecule has 0 saturated heterocycles. The third-order valence-electron chi connectivity index (χ3n) is 4.95. The van der Waals surface area contributed by atoms with E-state index >= 15 is 0 Å². The molecule has 212 valence electrons. The van der Waals surface area contributed by atoms with Gasteiger partial charge in [0.2, 0.25) is 0 Å². The van der Waals surface area contributed by atoms with E-state index in [9.17, 15) is 0 Å². The zero-order valence-electron chi connectivity index (χ0n) is 21.2. The standard InChI is InChI=1S/C23H32N8O2S6/c34-18(2-8-26-20(36)4-10-28-22(38)16-12-32-14-30-16)24-6-1-7-25-19(35)3-9-27-21(37)5-11-29-23(39)17-13-33-15-31-17/h12-15H,1-11H2,(H,24,34)(H,25,35)(H,26,36)(H,27,37)(H,28,38)(H,29,39). The first-order chi connectivity index (χ1) is 18.8. The van der Waals surface area contributed by atoms with Crippen molar-refractivity contribution in [2.45, 2.75) is 32.1 Å². The van der Waals surface area contributed by atoms with Crippen LogP contribution in [0.1, 0.15) is 43.5 Å². The van der Waals surface area contributed by atoms with Crippen LogP contribution in [-0.2, 0) is 0 Å². The summed E-state index contributed by atoms with van der Waals surface area (Å²) in [6.07, 6.45) is 9.33. The lowest BCUT2D eigenvalue weighted by Gasteiger charge is -2.12. The Hall–Kier alpha value is -2.24.